The summed E-state index contributed by atoms with van der Waals surface area (Å²) >= 11 is 8.77. The Hall–Kier alpha value is -0.780. The molecule has 21 heavy (non-hydrogen) atoms. The molecule has 2 rings (SSSR count). The van der Waals surface area contributed by atoms with Crippen molar-refractivity contribution in [2.75, 3.05) is 7.11 Å². The Morgan fingerprint density at radius 2 is 1.90 bits per heavy atom. The molecule has 0 spiro atoms. The monoisotopic (exact) mass is 428 g/mol. The highest BCUT2D eigenvalue weighted by atomic mass is 79.9. The third kappa shape index (κ3) is 4.87. The van der Waals surface area contributed by atoms with E-state index in [9.17, 15) is 4.79 Å². The zero-order chi connectivity index (χ0) is 15.2. The number of esters is 1. The maximum Gasteiger partial charge on any atom is 0.310 e. The van der Waals surface area contributed by atoms with E-state index in [0.717, 1.165) is 25.2 Å². The molecule has 0 aliphatic rings. The molecule has 0 heterocycles. The number of methoxy groups -OCH3 is 1. The maximum atomic E-state index is 11.5. The molecule has 0 unspecified atom stereocenters. The minimum absolute atomic E-state index is 0.216. The van der Waals surface area contributed by atoms with Gasteiger partial charge in [0.25, 0.3) is 0 Å². The van der Waals surface area contributed by atoms with Crippen molar-refractivity contribution in [1.82, 2.24) is 0 Å². The van der Waals surface area contributed by atoms with E-state index in [1.54, 1.807) is 11.8 Å². The van der Waals surface area contributed by atoms with Crippen molar-refractivity contribution in [1.29, 1.82) is 0 Å². The number of carbonyl (C=O) groups is 1. The van der Waals surface area contributed by atoms with Crippen LogP contribution in [0.5, 0.6) is 0 Å². The summed E-state index contributed by atoms with van der Waals surface area (Å²) in [7, 11) is 1.41. The summed E-state index contributed by atoms with van der Waals surface area (Å²) in [5.74, 6) is 0.616. The fraction of sp³-hybridized carbons (Fsp3) is 0.188. The Kier molecular flexibility index (Phi) is 6.33. The molecule has 0 saturated heterocycles. The molecule has 2 aromatic rings. The summed E-state index contributed by atoms with van der Waals surface area (Å²) in [4.78, 5) is 12.6. The first-order valence-electron chi connectivity index (χ1n) is 6.31. The lowest BCUT2D eigenvalue weighted by molar-refractivity contribution is -0.139. The number of hydrogen-bond donors (Lipinski definition) is 0. The second-order valence-corrected chi connectivity index (χ2v) is 7.17. The van der Waals surface area contributed by atoms with Crippen LogP contribution in [0.25, 0.3) is 0 Å². The maximum absolute atomic E-state index is 11.5. The quantitative estimate of drug-likeness (QED) is 0.481. The van der Waals surface area contributed by atoms with Crippen LogP contribution < -0.4 is 0 Å². The molecule has 0 atom stereocenters. The summed E-state index contributed by atoms with van der Waals surface area (Å²) < 4.78 is 6.89. The molecule has 5 heteroatoms. The highest BCUT2D eigenvalue weighted by Gasteiger charge is 2.09. The van der Waals surface area contributed by atoms with Gasteiger partial charge in [0.1, 0.15) is 0 Å². The van der Waals surface area contributed by atoms with Gasteiger partial charge in [0, 0.05) is 19.6 Å². The van der Waals surface area contributed by atoms with Gasteiger partial charge in [-0.3, -0.25) is 4.79 Å². The molecular weight excluding hydrogens is 416 g/mol. The molecule has 2 aromatic carbocycles. The highest BCUT2D eigenvalue weighted by molar-refractivity contribution is 9.11. The molecule has 0 amide bonds. The lowest BCUT2D eigenvalue weighted by atomic mass is 10.1. The van der Waals surface area contributed by atoms with Gasteiger partial charge in [-0.2, -0.15) is 0 Å². The van der Waals surface area contributed by atoms with Crippen LogP contribution in [-0.4, -0.2) is 13.1 Å². The third-order valence-corrected chi connectivity index (χ3v) is 5.36. The SMILES string of the molecule is COC(=O)Cc1ccccc1SCc1cc(Br)ccc1Br. The summed E-state index contributed by atoms with van der Waals surface area (Å²) in [5, 5.41) is 0. The van der Waals surface area contributed by atoms with Crippen LogP contribution in [0.2, 0.25) is 0 Å². The van der Waals surface area contributed by atoms with Crippen molar-refractivity contribution in [3.8, 4) is 0 Å². The Bertz CT molecular complexity index is 644. The van der Waals surface area contributed by atoms with E-state index in [4.69, 9.17) is 4.74 Å². The van der Waals surface area contributed by atoms with Crippen molar-refractivity contribution in [2.45, 2.75) is 17.1 Å². The van der Waals surface area contributed by atoms with E-state index in [1.807, 2.05) is 36.4 Å². The van der Waals surface area contributed by atoms with E-state index in [-0.39, 0.29) is 5.97 Å². The van der Waals surface area contributed by atoms with Gasteiger partial charge in [0.2, 0.25) is 0 Å². The minimum Gasteiger partial charge on any atom is -0.469 e. The average molecular weight is 430 g/mol. The van der Waals surface area contributed by atoms with Crippen molar-refractivity contribution >= 4 is 49.6 Å². The number of hydrogen-bond acceptors (Lipinski definition) is 3. The predicted octanol–water partition coefficient (Wildman–Crippen LogP) is 5.22. The molecule has 0 radical (unpaired) electrons. The van der Waals surface area contributed by atoms with Gasteiger partial charge in [0.15, 0.2) is 0 Å². The Labute approximate surface area is 145 Å². The van der Waals surface area contributed by atoms with Crippen LogP contribution in [-0.2, 0) is 21.7 Å². The summed E-state index contributed by atoms with van der Waals surface area (Å²) in [5.41, 5.74) is 2.21. The lowest BCUT2D eigenvalue weighted by Gasteiger charge is -2.09. The summed E-state index contributed by atoms with van der Waals surface area (Å²) in [6, 6.07) is 14.1. The first kappa shape index (κ1) is 16.6. The first-order valence-corrected chi connectivity index (χ1v) is 8.88. The van der Waals surface area contributed by atoms with E-state index in [1.165, 1.54) is 12.7 Å². The van der Waals surface area contributed by atoms with E-state index in [2.05, 4.69) is 37.9 Å². The zero-order valence-electron chi connectivity index (χ0n) is 11.4. The first-order chi connectivity index (χ1) is 10.1. The third-order valence-electron chi connectivity index (χ3n) is 2.93. The molecule has 0 N–H and O–H groups in total. The molecule has 2 nitrogen and oxygen atoms in total. The van der Waals surface area contributed by atoms with Crippen molar-refractivity contribution in [3.05, 3.63) is 62.5 Å². The van der Waals surface area contributed by atoms with Gasteiger partial charge < -0.3 is 4.74 Å². The second kappa shape index (κ2) is 8.01. The van der Waals surface area contributed by atoms with Crippen molar-refractivity contribution < 1.29 is 9.53 Å². The lowest BCUT2D eigenvalue weighted by Crippen LogP contribution is -2.05. The van der Waals surface area contributed by atoms with Gasteiger partial charge in [-0.05, 0) is 35.4 Å². The van der Waals surface area contributed by atoms with Gasteiger partial charge >= 0.3 is 5.97 Å². The largest absolute Gasteiger partial charge is 0.469 e. The average Bonchev–Trinajstić information content (AvgIpc) is 2.49. The summed E-state index contributed by atoms with van der Waals surface area (Å²) in [6.45, 7) is 0. The van der Waals surface area contributed by atoms with Gasteiger partial charge in [-0.25, -0.2) is 0 Å². The number of thioether (sulfide) groups is 1. The predicted molar refractivity (Wildman–Crippen MR) is 93.6 cm³/mol. The molecule has 0 bridgehead atoms. The van der Waals surface area contributed by atoms with Crippen LogP contribution in [0.1, 0.15) is 11.1 Å². The Balaban J connectivity index is 2.13. The van der Waals surface area contributed by atoms with Crippen LogP contribution in [0.15, 0.2) is 56.3 Å². The smallest absolute Gasteiger partial charge is 0.310 e. The second-order valence-electron chi connectivity index (χ2n) is 4.39. The number of ether oxygens (including phenoxy) is 1. The topological polar surface area (TPSA) is 26.3 Å². The van der Waals surface area contributed by atoms with E-state index in [0.29, 0.717) is 6.42 Å². The van der Waals surface area contributed by atoms with Crippen LogP contribution in [0.3, 0.4) is 0 Å². The fourth-order valence-electron chi connectivity index (χ4n) is 1.83. The van der Waals surface area contributed by atoms with Crippen molar-refractivity contribution in [2.24, 2.45) is 0 Å². The molecule has 0 aliphatic carbocycles. The number of carbonyl (C=O) groups excluding carboxylic acids is 1. The van der Waals surface area contributed by atoms with E-state index >= 15 is 0 Å². The molecule has 110 valence electrons. The van der Waals surface area contributed by atoms with Crippen LogP contribution in [0.4, 0.5) is 0 Å². The number of halogens is 2. The standard InChI is InChI=1S/C16H14Br2O2S/c1-20-16(19)9-11-4-2-3-5-15(11)21-10-12-8-13(17)6-7-14(12)18/h2-8H,9-10H2,1H3. The highest BCUT2D eigenvalue weighted by Crippen LogP contribution is 2.31. The zero-order valence-corrected chi connectivity index (χ0v) is 15.4. The molecule has 0 aromatic heterocycles. The van der Waals surface area contributed by atoms with Gasteiger partial charge in [-0.15, -0.1) is 11.8 Å². The van der Waals surface area contributed by atoms with Gasteiger partial charge in [0.05, 0.1) is 13.5 Å². The summed E-state index contributed by atoms with van der Waals surface area (Å²) in [6.07, 6.45) is 0.305. The van der Waals surface area contributed by atoms with Crippen LogP contribution in [0, 0.1) is 0 Å². The number of benzene rings is 2. The minimum atomic E-state index is -0.216. The van der Waals surface area contributed by atoms with Gasteiger partial charge in [-0.1, -0.05) is 50.1 Å². The van der Waals surface area contributed by atoms with Crippen LogP contribution >= 0.6 is 43.6 Å². The number of rotatable bonds is 5. The Morgan fingerprint density at radius 3 is 2.67 bits per heavy atom. The molecular formula is C16H14Br2O2S. The molecule has 0 saturated carbocycles. The fourth-order valence-corrected chi connectivity index (χ4v) is 3.86. The molecule has 0 aliphatic heterocycles. The Morgan fingerprint density at radius 1 is 1.14 bits per heavy atom. The normalized spacial score (nSPS) is 10.4. The van der Waals surface area contributed by atoms with E-state index < -0.39 is 0 Å². The molecule has 0 fully saturated rings. The van der Waals surface area contributed by atoms with Crippen molar-refractivity contribution in [3.63, 3.8) is 0 Å².